The Labute approximate surface area is 77.6 Å². The number of nitrogens with two attached hydrogens (primary N) is 1. The predicted octanol–water partition coefficient (Wildman–Crippen LogP) is 1.25. The van der Waals surface area contributed by atoms with Crippen molar-refractivity contribution < 1.29 is 5.11 Å². The first-order valence-electron chi connectivity index (χ1n) is 4.51. The van der Waals surface area contributed by atoms with Crippen molar-refractivity contribution in [2.24, 2.45) is 5.73 Å². The van der Waals surface area contributed by atoms with E-state index >= 15 is 0 Å². The van der Waals surface area contributed by atoms with Gasteiger partial charge in [-0.1, -0.05) is 0 Å². The van der Waals surface area contributed by atoms with Crippen molar-refractivity contribution in [1.82, 2.24) is 0 Å². The zero-order valence-electron chi connectivity index (χ0n) is 7.62. The standard InChI is InChI=1S/C10H14N2O/c1-6(11)9-5-12-10-3-2-7(13)4-8(9)10/h2-4,6,9,12-13H,5,11H2,1H3. The maximum Gasteiger partial charge on any atom is 0.116 e. The fourth-order valence-electron chi connectivity index (χ4n) is 1.82. The van der Waals surface area contributed by atoms with E-state index < -0.39 is 0 Å². The van der Waals surface area contributed by atoms with E-state index in [0.29, 0.717) is 11.7 Å². The molecule has 0 radical (unpaired) electrons. The van der Waals surface area contributed by atoms with Gasteiger partial charge in [-0.15, -0.1) is 0 Å². The highest BCUT2D eigenvalue weighted by molar-refractivity contribution is 5.60. The van der Waals surface area contributed by atoms with Crippen molar-refractivity contribution in [2.45, 2.75) is 18.9 Å². The van der Waals surface area contributed by atoms with Gasteiger partial charge in [0.1, 0.15) is 5.75 Å². The molecule has 1 heterocycles. The van der Waals surface area contributed by atoms with Gasteiger partial charge in [-0.25, -0.2) is 0 Å². The summed E-state index contributed by atoms with van der Waals surface area (Å²) in [6.07, 6.45) is 0. The first-order valence-corrected chi connectivity index (χ1v) is 4.51. The summed E-state index contributed by atoms with van der Waals surface area (Å²) >= 11 is 0. The van der Waals surface area contributed by atoms with Crippen molar-refractivity contribution in [3.05, 3.63) is 23.8 Å². The Hall–Kier alpha value is -1.22. The second kappa shape index (κ2) is 2.92. The van der Waals surface area contributed by atoms with Gasteiger partial charge in [0.2, 0.25) is 0 Å². The van der Waals surface area contributed by atoms with Gasteiger partial charge in [-0.3, -0.25) is 0 Å². The van der Waals surface area contributed by atoms with Gasteiger partial charge in [-0.2, -0.15) is 0 Å². The molecule has 3 heteroatoms. The number of hydrogen-bond acceptors (Lipinski definition) is 3. The molecule has 1 aliphatic rings. The van der Waals surface area contributed by atoms with Crippen LogP contribution in [0.3, 0.4) is 0 Å². The topological polar surface area (TPSA) is 58.3 Å². The van der Waals surface area contributed by atoms with Crippen LogP contribution in [-0.2, 0) is 0 Å². The van der Waals surface area contributed by atoms with Gasteiger partial charge < -0.3 is 16.2 Å². The first kappa shape index (κ1) is 8.38. The van der Waals surface area contributed by atoms with Gasteiger partial charge in [0.05, 0.1) is 0 Å². The molecule has 0 aliphatic carbocycles. The molecule has 0 amide bonds. The number of benzene rings is 1. The number of anilines is 1. The van der Waals surface area contributed by atoms with E-state index in [2.05, 4.69) is 5.32 Å². The Kier molecular flexibility index (Phi) is 1.88. The van der Waals surface area contributed by atoms with E-state index in [-0.39, 0.29) is 6.04 Å². The van der Waals surface area contributed by atoms with E-state index in [0.717, 1.165) is 17.8 Å². The number of aromatic hydroxyl groups is 1. The second-order valence-corrected chi connectivity index (χ2v) is 3.62. The van der Waals surface area contributed by atoms with E-state index in [1.54, 1.807) is 12.1 Å². The Morgan fingerprint density at radius 2 is 2.38 bits per heavy atom. The van der Waals surface area contributed by atoms with Gasteiger partial charge in [-0.05, 0) is 30.7 Å². The van der Waals surface area contributed by atoms with Crippen LogP contribution >= 0.6 is 0 Å². The third kappa shape index (κ3) is 1.35. The number of phenolic OH excluding ortho intramolecular Hbond substituents is 1. The van der Waals surface area contributed by atoms with Crippen molar-refractivity contribution in [2.75, 3.05) is 11.9 Å². The minimum atomic E-state index is 0.121. The van der Waals surface area contributed by atoms with Crippen LogP contribution in [0, 0.1) is 0 Å². The van der Waals surface area contributed by atoms with Gasteiger partial charge in [0.25, 0.3) is 0 Å². The number of hydrogen-bond donors (Lipinski definition) is 3. The number of phenols is 1. The lowest BCUT2D eigenvalue weighted by molar-refractivity contribution is 0.473. The Morgan fingerprint density at radius 3 is 3.08 bits per heavy atom. The van der Waals surface area contributed by atoms with Crippen molar-refractivity contribution in [3.8, 4) is 5.75 Å². The van der Waals surface area contributed by atoms with Crippen LogP contribution in [0.2, 0.25) is 0 Å². The molecule has 0 aromatic heterocycles. The van der Waals surface area contributed by atoms with Crippen LogP contribution in [0.5, 0.6) is 5.75 Å². The van der Waals surface area contributed by atoms with E-state index in [1.165, 1.54) is 0 Å². The molecular weight excluding hydrogens is 164 g/mol. The van der Waals surface area contributed by atoms with Crippen LogP contribution in [0.25, 0.3) is 0 Å². The Balaban J connectivity index is 2.40. The molecule has 2 atom stereocenters. The minimum absolute atomic E-state index is 0.121. The van der Waals surface area contributed by atoms with Gasteiger partial charge in [0.15, 0.2) is 0 Å². The highest BCUT2D eigenvalue weighted by Crippen LogP contribution is 2.35. The Morgan fingerprint density at radius 1 is 1.62 bits per heavy atom. The largest absolute Gasteiger partial charge is 0.508 e. The lowest BCUT2D eigenvalue weighted by Gasteiger charge is -2.13. The lowest BCUT2D eigenvalue weighted by atomic mass is 9.95. The van der Waals surface area contributed by atoms with Crippen LogP contribution in [0.4, 0.5) is 5.69 Å². The summed E-state index contributed by atoms with van der Waals surface area (Å²) in [6.45, 7) is 2.86. The molecule has 0 fully saturated rings. The molecular formula is C10H14N2O. The highest BCUT2D eigenvalue weighted by atomic mass is 16.3. The summed E-state index contributed by atoms with van der Waals surface area (Å²) in [6, 6.07) is 5.50. The molecule has 13 heavy (non-hydrogen) atoms. The molecule has 1 aliphatic heterocycles. The third-order valence-corrected chi connectivity index (χ3v) is 2.58. The summed E-state index contributed by atoms with van der Waals surface area (Å²) in [7, 11) is 0. The lowest BCUT2D eigenvalue weighted by Crippen LogP contribution is -2.25. The van der Waals surface area contributed by atoms with E-state index in [1.807, 2.05) is 13.0 Å². The number of nitrogens with one attached hydrogen (secondary N) is 1. The van der Waals surface area contributed by atoms with Crippen molar-refractivity contribution in [1.29, 1.82) is 0 Å². The molecule has 0 saturated heterocycles. The van der Waals surface area contributed by atoms with Crippen LogP contribution in [0.15, 0.2) is 18.2 Å². The summed E-state index contributed by atoms with van der Waals surface area (Å²) in [5.74, 6) is 0.634. The Bertz CT molecular complexity index is 323. The zero-order valence-corrected chi connectivity index (χ0v) is 7.62. The first-order chi connectivity index (χ1) is 6.18. The second-order valence-electron chi connectivity index (χ2n) is 3.62. The third-order valence-electron chi connectivity index (χ3n) is 2.58. The monoisotopic (exact) mass is 178 g/mol. The van der Waals surface area contributed by atoms with Crippen molar-refractivity contribution >= 4 is 5.69 Å². The fourth-order valence-corrected chi connectivity index (χ4v) is 1.82. The van der Waals surface area contributed by atoms with E-state index in [9.17, 15) is 5.11 Å². The number of fused-ring (bicyclic) bond motifs is 1. The SMILES string of the molecule is CC(N)C1CNc2ccc(O)cc21. The minimum Gasteiger partial charge on any atom is -0.508 e. The highest BCUT2D eigenvalue weighted by Gasteiger charge is 2.25. The predicted molar refractivity (Wildman–Crippen MR) is 53.0 cm³/mol. The maximum absolute atomic E-state index is 9.33. The normalized spacial score (nSPS) is 22.2. The summed E-state index contributed by atoms with van der Waals surface area (Å²) in [5.41, 5.74) is 8.07. The van der Waals surface area contributed by atoms with Crippen LogP contribution < -0.4 is 11.1 Å². The molecule has 70 valence electrons. The maximum atomic E-state index is 9.33. The summed E-state index contributed by atoms with van der Waals surface area (Å²) in [4.78, 5) is 0. The number of rotatable bonds is 1. The van der Waals surface area contributed by atoms with Crippen molar-refractivity contribution in [3.63, 3.8) is 0 Å². The molecule has 0 bridgehead atoms. The fraction of sp³-hybridized carbons (Fsp3) is 0.400. The van der Waals surface area contributed by atoms with E-state index in [4.69, 9.17) is 5.73 Å². The van der Waals surface area contributed by atoms with Gasteiger partial charge >= 0.3 is 0 Å². The van der Waals surface area contributed by atoms with Crippen LogP contribution in [0.1, 0.15) is 18.4 Å². The average molecular weight is 178 g/mol. The molecule has 2 unspecified atom stereocenters. The quantitative estimate of drug-likeness (QED) is 0.567. The molecule has 1 aromatic carbocycles. The molecule has 0 spiro atoms. The summed E-state index contributed by atoms with van der Waals surface area (Å²) in [5, 5.41) is 12.6. The smallest absolute Gasteiger partial charge is 0.116 e. The molecule has 2 rings (SSSR count). The van der Waals surface area contributed by atoms with Crippen LogP contribution in [-0.4, -0.2) is 17.7 Å². The summed E-state index contributed by atoms with van der Waals surface area (Å²) < 4.78 is 0. The molecule has 3 nitrogen and oxygen atoms in total. The zero-order chi connectivity index (χ0) is 9.42. The molecule has 4 N–H and O–H groups in total. The average Bonchev–Trinajstić information content (AvgIpc) is 2.46. The molecule has 1 aromatic rings. The molecule has 0 saturated carbocycles. The van der Waals surface area contributed by atoms with Gasteiger partial charge in [0, 0.05) is 24.2 Å².